The second-order valence-electron chi connectivity index (χ2n) is 5.88. The van der Waals surface area contributed by atoms with E-state index in [1.807, 2.05) is 26.0 Å². The minimum Gasteiger partial charge on any atom is -0.481 e. The highest BCUT2D eigenvalue weighted by molar-refractivity contribution is 5.88. The molecular weight excluding hydrogens is 282 g/mol. The van der Waals surface area contributed by atoms with Gasteiger partial charge in [-0.1, -0.05) is 6.92 Å². The molecule has 2 aromatic rings. The molecule has 118 valence electrons. The third kappa shape index (κ3) is 3.87. The van der Waals surface area contributed by atoms with Crippen LogP contribution in [0.25, 0.3) is 11.0 Å². The fraction of sp³-hybridized carbons (Fsp3) is 0.412. The number of nitrogens with one attached hydrogen (secondary N) is 1. The number of furan rings is 1. The molecule has 1 aromatic carbocycles. The van der Waals surface area contributed by atoms with Crippen molar-refractivity contribution < 1.29 is 19.1 Å². The molecule has 0 bridgehead atoms. The van der Waals surface area contributed by atoms with Gasteiger partial charge in [0.15, 0.2) is 0 Å². The lowest BCUT2D eigenvalue weighted by atomic mass is 10.0. The minimum atomic E-state index is -0.853. The van der Waals surface area contributed by atoms with Crippen LogP contribution in [0, 0.1) is 19.8 Å². The Morgan fingerprint density at radius 2 is 1.95 bits per heavy atom. The Kier molecular flexibility index (Phi) is 4.85. The van der Waals surface area contributed by atoms with Gasteiger partial charge in [0.05, 0.1) is 12.7 Å². The molecule has 2 N–H and O–H groups in total. The van der Waals surface area contributed by atoms with Crippen LogP contribution >= 0.6 is 0 Å². The maximum Gasteiger partial charge on any atom is 0.303 e. The number of benzene rings is 1. The SMILES string of the molecule is Cc1cc2occ(CC(=O)NCC(C)CC(=O)O)c2cc1C. The van der Waals surface area contributed by atoms with Crippen LogP contribution in [0.2, 0.25) is 0 Å². The van der Waals surface area contributed by atoms with Crippen molar-refractivity contribution in [1.29, 1.82) is 0 Å². The molecule has 2 rings (SSSR count). The van der Waals surface area contributed by atoms with Crippen molar-refractivity contribution in [3.05, 3.63) is 35.1 Å². The third-order valence-corrected chi connectivity index (χ3v) is 3.79. The summed E-state index contributed by atoms with van der Waals surface area (Å²) < 4.78 is 5.51. The highest BCUT2D eigenvalue weighted by Gasteiger charge is 2.13. The zero-order chi connectivity index (χ0) is 16.3. The molecule has 0 fully saturated rings. The third-order valence-electron chi connectivity index (χ3n) is 3.79. The molecule has 0 radical (unpaired) electrons. The fourth-order valence-corrected chi connectivity index (χ4v) is 2.37. The Balaban J connectivity index is 2.00. The number of carbonyl (C=O) groups excluding carboxylic acids is 1. The van der Waals surface area contributed by atoms with Gasteiger partial charge < -0.3 is 14.8 Å². The Labute approximate surface area is 129 Å². The standard InChI is InChI=1S/C17H21NO4/c1-10(4-17(20)21)8-18-16(19)7-13-9-22-15-6-12(3)11(2)5-14(13)15/h5-6,9-10H,4,7-8H2,1-3H3,(H,18,19)(H,20,21). The zero-order valence-corrected chi connectivity index (χ0v) is 13.1. The van der Waals surface area contributed by atoms with Crippen molar-refractivity contribution in [2.75, 3.05) is 6.54 Å². The summed E-state index contributed by atoms with van der Waals surface area (Å²) in [4.78, 5) is 22.6. The summed E-state index contributed by atoms with van der Waals surface area (Å²) in [5.74, 6) is -1.07. The van der Waals surface area contributed by atoms with E-state index in [1.165, 1.54) is 0 Å². The summed E-state index contributed by atoms with van der Waals surface area (Å²) >= 11 is 0. The molecular formula is C17H21NO4. The van der Waals surface area contributed by atoms with Crippen LogP contribution in [-0.4, -0.2) is 23.5 Å². The lowest BCUT2D eigenvalue weighted by Gasteiger charge is -2.10. The summed E-state index contributed by atoms with van der Waals surface area (Å²) in [5.41, 5.74) is 3.94. The van der Waals surface area contributed by atoms with Crippen LogP contribution in [0.15, 0.2) is 22.8 Å². The van der Waals surface area contributed by atoms with Crippen LogP contribution in [0.1, 0.15) is 30.0 Å². The van der Waals surface area contributed by atoms with Crippen LogP contribution in [0.4, 0.5) is 0 Å². The lowest BCUT2D eigenvalue weighted by molar-refractivity contribution is -0.138. The normalized spacial score (nSPS) is 12.3. The van der Waals surface area contributed by atoms with E-state index in [-0.39, 0.29) is 24.7 Å². The minimum absolute atomic E-state index is 0.0490. The molecule has 0 aliphatic carbocycles. The predicted molar refractivity (Wildman–Crippen MR) is 83.8 cm³/mol. The molecule has 5 nitrogen and oxygen atoms in total. The number of hydrogen-bond acceptors (Lipinski definition) is 3. The molecule has 1 unspecified atom stereocenters. The number of carboxylic acid groups (broad SMARTS) is 1. The van der Waals surface area contributed by atoms with E-state index in [9.17, 15) is 9.59 Å². The molecule has 0 saturated heterocycles. The molecule has 0 aliphatic heterocycles. The summed E-state index contributed by atoms with van der Waals surface area (Å²) in [6.45, 7) is 6.21. The number of fused-ring (bicyclic) bond motifs is 1. The monoisotopic (exact) mass is 303 g/mol. The number of hydrogen-bond donors (Lipinski definition) is 2. The largest absolute Gasteiger partial charge is 0.481 e. The highest BCUT2D eigenvalue weighted by Crippen LogP contribution is 2.25. The summed E-state index contributed by atoms with van der Waals surface area (Å²) in [7, 11) is 0. The first kappa shape index (κ1) is 16.1. The van der Waals surface area contributed by atoms with Crippen molar-refractivity contribution >= 4 is 22.8 Å². The van der Waals surface area contributed by atoms with E-state index in [2.05, 4.69) is 5.32 Å². The molecule has 0 aliphatic rings. The average molecular weight is 303 g/mol. The number of rotatable bonds is 6. The van der Waals surface area contributed by atoms with Gasteiger partial charge in [-0.15, -0.1) is 0 Å². The van der Waals surface area contributed by atoms with Crippen LogP contribution < -0.4 is 5.32 Å². The summed E-state index contributed by atoms with van der Waals surface area (Å²) in [6, 6.07) is 4.00. The highest BCUT2D eigenvalue weighted by atomic mass is 16.4. The molecule has 1 amide bonds. The fourth-order valence-electron chi connectivity index (χ4n) is 2.37. The van der Waals surface area contributed by atoms with Gasteiger partial charge in [-0.3, -0.25) is 9.59 Å². The van der Waals surface area contributed by atoms with Gasteiger partial charge in [0.1, 0.15) is 5.58 Å². The van der Waals surface area contributed by atoms with Gasteiger partial charge in [0, 0.05) is 23.9 Å². The van der Waals surface area contributed by atoms with Crippen LogP contribution in [0.3, 0.4) is 0 Å². The van der Waals surface area contributed by atoms with Gasteiger partial charge in [-0.05, 0) is 43.0 Å². The Morgan fingerprint density at radius 3 is 2.64 bits per heavy atom. The van der Waals surface area contributed by atoms with E-state index in [0.29, 0.717) is 6.54 Å². The number of aryl methyl sites for hydroxylation is 2. The molecule has 1 heterocycles. The van der Waals surface area contributed by atoms with Crippen molar-refractivity contribution in [3.8, 4) is 0 Å². The van der Waals surface area contributed by atoms with E-state index in [4.69, 9.17) is 9.52 Å². The molecule has 1 aromatic heterocycles. The van der Waals surface area contributed by atoms with E-state index in [1.54, 1.807) is 13.2 Å². The van der Waals surface area contributed by atoms with Gasteiger partial charge in [0.25, 0.3) is 0 Å². The van der Waals surface area contributed by atoms with Gasteiger partial charge in [0.2, 0.25) is 5.91 Å². The first-order valence-corrected chi connectivity index (χ1v) is 7.32. The second-order valence-corrected chi connectivity index (χ2v) is 5.88. The van der Waals surface area contributed by atoms with Crippen molar-refractivity contribution in [3.63, 3.8) is 0 Å². The van der Waals surface area contributed by atoms with Crippen molar-refractivity contribution in [1.82, 2.24) is 5.32 Å². The van der Waals surface area contributed by atoms with Crippen molar-refractivity contribution in [2.24, 2.45) is 5.92 Å². The average Bonchev–Trinajstić information content (AvgIpc) is 2.79. The van der Waals surface area contributed by atoms with E-state index < -0.39 is 5.97 Å². The molecule has 1 atom stereocenters. The first-order chi connectivity index (χ1) is 10.4. The maximum absolute atomic E-state index is 12.0. The molecule has 0 spiro atoms. The maximum atomic E-state index is 12.0. The van der Waals surface area contributed by atoms with Crippen LogP contribution in [-0.2, 0) is 16.0 Å². The predicted octanol–water partition coefficient (Wildman–Crippen LogP) is 2.82. The number of carboxylic acids is 1. The Hall–Kier alpha value is -2.30. The number of amides is 1. The molecule has 0 saturated carbocycles. The summed E-state index contributed by atoms with van der Waals surface area (Å²) in [5, 5.41) is 12.4. The second kappa shape index (κ2) is 6.64. The molecule has 5 heteroatoms. The number of aliphatic carboxylic acids is 1. The van der Waals surface area contributed by atoms with Crippen LogP contribution in [0.5, 0.6) is 0 Å². The lowest BCUT2D eigenvalue weighted by Crippen LogP contribution is -2.30. The molecule has 22 heavy (non-hydrogen) atoms. The summed E-state index contributed by atoms with van der Waals surface area (Å²) in [6.07, 6.45) is 1.90. The first-order valence-electron chi connectivity index (χ1n) is 7.32. The van der Waals surface area contributed by atoms with E-state index >= 15 is 0 Å². The topological polar surface area (TPSA) is 79.5 Å². The quantitative estimate of drug-likeness (QED) is 0.860. The number of carbonyl (C=O) groups is 2. The van der Waals surface area contributed by atoms with Crippen molar-refractivity contribution in [2.45, 2.75) is 33.6 Å². The van der Waals surface area contributed by atoms with E-state index in [0.717, 1.165) is 27.7 Å². The Morgan fingerprint density at radius 1 is 1.27 bits per heavy atom. The smallest absolute Gasteiger partial charge is 0.303 e. The van der Waals surface area contributed by atoms with Gasteiger partial charge in [-0.25, -0.2) is 0 Å². The Bertz CT molecular complexity index is 702. The zero-order valence-electron chi connectivity index (χ0n) is 13.1. The van der Waals surface area contributed by atoms with Gasteiger partial charge >= 0.3 is 5.97 Å². The van der Waals surface area contributed by atoms with Gasteiger partial charge in [-0.2, -0.15) is 0 Å².